The number of carbonyl (C=O) groups excluding carboxylic acids is 2. The fourth-order valence-electron chi connectivity index (χ4n) is 6.80. The smallest absolute Gasteiger partial charge is 0.410 e. The number of aliphatic hydroxyl groups is 1. The lowest BCUT2D eigenvalue weighted by molar-refractivity contribution is -0.135. The summed E-state index contributed by atoms with van der Waals surface area (Å²) in [5, 5.41) is 12.1. The van der Waals surface area contributed by atoms with Crippen LogP contribution in [0, 0.1) is 11.8 Å². The Labute approximate surface area is 238 Å². The minimum Gasteiger partial charge on any atom is -0.445 e. The molecule has 1 saturated carbocycles. The summed E-state index contributed by atoms with van der Waals surface area (Å²) in [6.45, 7) is 7.85. The number of ether oxygens (including phenoxy) is 1. The first-order valence-corrected chi connectivity index (χ1v) is 14.8. The molecule has 2 aromatic carbocycles. The first kappa shape index (κ1) is 28.4. The van der Waals surface area contributed by atoms with Crippen molar-refractivity contribution in [3.05, 3.63) is 84.4 Å². The van der Waals surface area contributed by atoms with Crippen molar-refractivity contribution in [2.75, 3.05) is 39.3 Å². The van der Waals surface area contributed by atoms with E-state index in [0.717, 1.165) is 62.7 Å². The lowest BCUT2D eigenvalue weighted by atomic mass is 9.83. The quantitative estimate of drug-likeness (QED) is 0.458. The van der Waals surface area contributed by atoms with Crippen molar-refractivity contribution in [3.8, 4) is 0 Å². The molecule has 214 valence electrons. The largest absolute Gasteiger partial charge is 0.445 e. The maximum Gasteiger partial charge on any atom is 0.410 e. The Kier molecular flexibility index (Phi) is 9.22. The second-order valence-electron chi connectivity index (χ2n) is 11.7. The van der Waals surface area contributed by atoms with Gasteiger partial charge in [-0.2, -0.15) is 0 Å². The van der Waals surface area contributed by atoms with Crippen LogP contribution in [0.25, 0.3) is 0 Å². The van der Waals surface area contributed by atoms with Crippen LogP contribution in [0.4, 0.5) is 4.79 Å². The van der Waals surface area contributed by atoms with Gasteiger partial charge in [-0.1, -0.05) is 79.6 Å². The van der Waals surface area contributed by atoms with E-state index in [9.17, 15) is 14.7 Å². The highest BCUT2D eigenvalue weighted by atomic mass is 16.6. The lowest BCUT2D eigenvalue weighted by Gasteiger charge is -2.40. The van der Waals surface area contributed by atoms with Crippen LogP contribution in [0.1, 0.15) is 49.7 Å². The van der Waals surface area contributed by atoms with Crippen molar-refractivity contribution in [2.24, 2.45) is 11.8 Å². The highest BCUT2D eigenvalue weighted by Gasteiger charge is 2.49. The zero-order chi connectivity index (χ0) is 28.0. The molecule has 2 aliphatic heterocycles. The van der Waals surface area contributed by atoms with Gasteiger partial charge in [-0.05, 0) is 36.8 Å². The summed E-state index contributed by atoms with van der Waals surface area (Å²) >= 11 is 0. The van der Waals surface area contributed by atoms with Gasteiger partial charge < -0.3 is 24.5 Å². The van der Waals surface area contributed by atoms with E-state index in [-0.39, 0.29) is 36.5 Å². The van der Waals surface area contributed by atoms with Crippen LogP contribution in [0.5, 0.6) is 0 Å². The molecule has 2 atom stereocenters. The minimum atomic E-state index is -1.07. The summed E-state index contributed by atoms with van der Waals surface area (Å²) in [4.78, 5) is 32.4. The number of hydrogen-bond acceptors (Lipinski definition) is 5. The molecular formula is C33H43N3O4. The molecule has 3 aliphatic rings. The second kappa shape index (κ2) is 13.0. The number of likely N-dealkylation sites (tertiary alicyclic amines) is 2. The first-order valence-electron chi connectivity index (χ1n) is 14.8. The average molecular weight is 546 g/mol. The summed E-state index contributed by atoms with van der Waals surface area (Å²) in [6, 6.07) is 19.6. The van der Waals surface area contributed by atoms with E-state index in [4.69, 9.17) is 4.74 Å². The summed E-state index contributed by atoms with van der Waals surface area (Å²) in [5.41, 5.74) is 0.782. The Bertz CT molecular complexity index is 1130. The van der Waals surface area contributed by atoms with E-state index in [1.165, 1.54) is 0 Å². The Hall–Kier alpha value is -3.16. The zero-order valence-electron chi connectivity index (χ0n) is 23.5. The lowest BCUT2D eigenvalue weighted by Crippen LogP contribution is -2.50. The normalized spacial score (nSPS) is 24.2. The van der Waals surface area contributed by atoms with Gasteiger partial charge in [0.15, 0.2) is 0 Å². The Balaban J connectivity index is 1.21. The Morgan fingerprint density at radius 3 is 2.30 bits per heavy atom. The van der Waals surface area contributed by atoms with Crippen LogP contribution in [0.3, 0.4) is 0 Å². The SMILES string of the molecule is C=CCN(C(=O)OCc1ccccc1)C1CCN(CC2CN(C(=O)C3CCCC3)CC2(O)c2ccccc2)CC1. The monoisotopic (exact) mass is 545 g/mol. The number of piperidine rings is 1. The molecule has 2 saturated heterocycles. The van der Waals surface area contributed by atoms with E-state index in [2.05, 4.69) is 11.5 Å². The van der Waals surface area contributed by atoms with E-state index in [1.807, 2.05) is 65.6 Å². The molecule has 0 radical (unpaired) electrons. The fraction of sp³-hybridized carbons (Fsp3) is 0.515. The van der Waals surface area contributed by atoms with Gasteiger partial charge in [-0.15, -0.1) is 6.58 Å². The molecule has 0 spiro atoms. The number of nitrogens with zero attached hydrogens (tertiary/aromatic N) is 3. The van der Waals surface area contributed by atoms with Gasteiger partial charge in [0.2, 0.25) is 5.91 Å². The molecule has 7 nitrogen and oxygen atoms in total. The highest BCUT2D eigenvalue weighted by molar-refractivity contribution is 5.79. The molecule has 40 heavy (non-hydrogen) atoms. The summed E-state index contributed by atoms with van der Waals surface area (Å²) in [7, 11) is 0. The predicted molar refractivity (Wildman–Crippen MR) is 155 cm³/mol. The number of carbonyl (C=O) groups is 2. The molecule has 2 heterocycles. The molecule has 2 amide bonds. The van der Waals surface area contributed by atoms with Crippen molar-refractivity contribution in [1.82, 2.24) is 14.7 Å². The van der Waals surface area contributed by atoms with Crippen molar-refractivity contribution in [3.63, 3.8) is 0 Å². The number of β-amino-alcohol motifs (C(OH)–C–C–N with tert-alkyl or cyclic N) is 1. The molecule has 0 aromatic heterocycles. The van der Waals surface area contributed by atoms with Crippen LogP contribution in [-0.4, -0.2) is 77.1 Å². The van der Waals surface area contributed by atoms with Gasteiger partial charge in [-0.25, -0.2) is 4.79 Å². The fourth-order valence-corrected chi connectivity index (χ4v) is 6.80. The third kappa shape index (κ3) is 6.42. The molecular weight excluding hydrogens is 502 g/mol. The Morgan fingerprint density at radius 2 is 1.65 bits per heavy atom. The second-order valence-corrected chi connectivity index (χ2v) is 11.7. The summed E-state index contributed by atoms with van der Waals surface area (Å²) in [6.07, 6.45) is 7.27. The summed E-state index contributed by atoms with van der Waals surface area (Å²) < 4.78 is 5.64. The molecule has 5 rings (SSSR count). The topological polar surface area (TPSA) is 73.3 Å². The molecule has 2 aromatic rings. The van der Waals surface area contributed by atoms with Gasteiger partial charge in [0.25, 0.3) is 0 Å². The maximum absolute atomic E-state index is 13.3. The van der Waals surface area contributed by atoms with Gasteiger partial charge >= 0.3 is 6.09 Å². The average Bonchev–Trinajstić information content (AvgIpc) is 3.65. The third-order valence-corrected chi connectivity index (χ3v) is 9.08. The molecule has 0 bridgehead atoms. The van der Waals surface area contributed by atoms with E-state index in [1.54, 1.807) is 11.0 Å². The number of amides is 2. The van der Waals surface area contributed by atoms with Gasteiger partial charge in [0, 0.05) is 50.6 Å². The van der Waals surface area contributed by atoms with Crippen LogP contribution in [-0.2, 0) is 21.7 Å². The standard InChI is InChI=1S/C33H43N3O4/c1-2-19-36(32(38)40-24-26-11-5-3-6-12-26)30-17-20-34(21-18-30)22-29-23-35(31(37)27-13-9-10-14-27)25-33(29,39)28-15-7-4-8-16-28/h2-8,11-12,15-16,27,29-30,39H,1,9-10,13-14,17-25H2. The van der Waals surface area contributed by atoms with Crippen molar-refractivity contribution < 1.29 is 19.4 Å². The minimum absolute atomic E-state index is 0.0723. The Morgan fingerprint density at radius 1 is 1.00 bits per heavy atom. The van der Waals surface area contributed by atoms with E-state index < -0.39 is 5.60 Å². The number of rotatable bonds is 9. The molecule has 2 unspecified atom stereocenters. The molecule has 3 fully saturated rings. The number of benzene rings is 2. The van der Waals surface area contributed by atoms with Crippen molar-refractivity contribution >= 4 is 12.0 Å². The highest BCUT2D eigenvalue weighted by Crippen LogP contribution is 2.40. The first-order chi connectivity index (χ1) is 19.5. The predicted octanol–water partition coefficient (Wildman–Crippen LogP) is 4.81. The van der Waals surface area contributed by atoms with Crippen LogP contribution in [0.2, 0.25) is 0 Å². The van der Waals surface area contributed by atoms with Crippen LogP contribution < -0.4 is 0 Å². The maximum atomic E-state index is 13.3. The van der Waals surface area contributed by atoms with Gasteiger partial charge in [-0.3, -0.25) is 4.79 Å². The van der Waals surface area contributed by atoms with E-state index >= 15 is 0 Å². The van der Waals surface area contributed by atoms with Crippen LogP contribution >= 0.6 is 0 Å². The summed E-state index contributed by atoms with van der Waals surface area (Å²) in [5.74, 6) is 0.242. The number of hydrogen-bond donors (Lipinski definition) is 1. The third-order valence-electron chi connectivity index (χ3n) is 9.08. The van der Waals surface area contributed by atoms with Gasteiger partial charge in [0.05, 0.1) is 6.54 Å². The van der Waals surface area contributed by atoms with E-state index in [0.29, 0.717) is 26.2 Å². The molecule has 1 N–H and O–H groups in total. The van der Waals surface area contributed by atoms with Gasteiger partial charge in [0.1, 0.15) is 12.2 Å². The van der Waals surface area contributed by atoms with Crippen LogP contribution in [0.15, 0.2) is 73.3 Å². The van der Waals surface area contributed by atoms with Crippen molar-refractivity contribution in [1.29, 1.82) is 0 Å². The van der Waals surface area contributed by atoms with Crippen molar-refractivity contribution in [2.45, 2.75) is 56.8 Å². The molecule has 1 aliphatic carbocycles. The zero-order valence-corrected chi connectivity index (χ0v) is 23.5. The molecule has 7 heteroatoms.